The first-order valence-corrected chi connectivity index (χ1v) is 9.42. The maximum Gasteiger partial charge on any atom is 0.255 e. The summed E-state index contributed by atoms with van der Waals surface area (Å²) in [5, 5.41) is 3.40. The average molecular weight is 398 g/mol. The van der Waals surface area contributed by atoms with Crippen molar-refractivity contribution in [1.29, 1.82) is 0 Å². The smallest absolute Gasteiger partial charge is 0.255 e. The lowest BCUT2D eigenvalue weighted by molar-refractivity contribution is -0.117. The number of methoxy groups -OCH3 is 2. The molecule has 0 aromatic heterocycles. The summed E-state index contributed by atoms with van der Waals surface area (Å²) in [6.07, 6.45) is 2.04. The molecule has 0 radical (unpaired) electrons. The number of likely N-dealkylation sites (tertiary alicyclic amines) is 1. The van der Waals surface area contributed by atoms with E-state index in [0.29, 0.717) is 35.0 Å². The van der Waals surface area contributed by atoms with Gasteiger partial charge in [0, 0.05) is 31.6 Å². The Hall–Kier alpha value is -1.83. The van der Waals surface area contributed by atoms with Gasteiger partial charge in [-0.25, -0.2) is 0 Å². The van der Waals surface area contributed by atoms with E-state index in [0.717, 1.165) is 25.9 Å². The van der Waals surface area contributed by atoms with E-state index in [1.165, 1.54) is 7.11 Å². The fourth-order valence-electron chi connectivity index (χ4n) is 3.40. The summed E-state index contributed by atoms with van der Waals surface area (Å²) < 4.78 is 10.9. The molecule has 1 aromatic carbocycles. The van der Waals surface area contributed by atoms with Crippen LogP contribution < -0.4 is 15.8 Å². The zero-order valence-electron chi connectivity index (χ0n) is 16.1. The van der Waals surface area contributed by atoms with Crippen molar-refractivity contribution >= 4 is 29.0 Å². The van der Waals surface area contributed by atoms with E-state index in [2.05, 4.69) is 10.2 Å². The summed E-state index contributed by atoms with van der Waals surface area (Å²) in [4.78, 5) is 26.1. The van der Waals surface area contributed by atoms with E-state index in [1.54, 1.807) is 26.2 Å². The topological polar surface area (TPSA) is 93.9 Å². The number of anilines is 1. The molecule has 1 amide bonds. The minimum atomic E-state index is -0.293. The van der Waals surface area contributed by atoms with Gasteiger partial charge in [-0.3, -0.25) is 4.79 Å². The number of halogens is 1. The SMILES string of the molecule is COc1c(N)cc(Cl)cc1C(=O)NC1CCN(CCCC(C)=O)CC1OC. The number of Topliss-reactive ketones (excluding diaryl/α,β-unsaturated/α-hetero) is 1. The Morgan fingerprint density at radius 2 is 2.11 bits per heavy atom. The normalized spacial score (nSPS) is 20.3. The fraction of sp³-hybridized carbons (Fsp3) is 0.579. The molecule has 2 atom stereocenters. The molecule has 27 heavy (non-hydrogen) atoms. The predicted octanol–water partition coefficient (Wildman–Crippen LogP) is 2.12. The molecule has 1 fully saturated rings. The first-order chi connectivity index (χ1) is 12.8. The number of rotatable bonds is 8. The van der Waals surface area contributed by atoms with Crippen LogP contribution in [0.5, 0.6) is 5.75 Å². The molecule has 1 aromatic rings. The molecule has 7 nitrogen and oxygen atoms in total. The molecule has 0 spiro atoms. The van der Waals surface area contributed by atoms with Gasteiger partial charge in [0.2, 0.25) is 0 Å². The van der Waals surface area contributed by atoms with Crippen LogP contribution in [0.3, 0.4) is 0 Å². The molecule has 0 saturated carbocycles. The van der Waals surface area contributed by atoms with Gasteiger partial charge in [-0.1, -0.05) is 11.6 Å². The average Bonchev–Trinajstić information content (AvgIpc) is 2.61. The number of carbonyl (C=O) groups is 2. The first-order valence-electron chi connectivity index (χ1n) is 9.04. The molecule has 150 valence electrons. The summed E-state index contributed by atoms with van der Waals surface area (Å²) in [6.45, 7) is 3.99. The van der Waals surface area contributed by atoms with E-state index < -0.39 is 0 Å². The number of nitrogens with two attached hydrogens (primary N) is 1. The second-order valence-electron chi connectivity index (χ2n) is 6.82. The third-order valence-corrected chi connectivity index (χ3v) is 5.02. The number of benzene rings is 1. The molecular weight excluding hydrogens is 370 g/mol. The van der Waals surface area contributed by atoms with Crippen LogP contribution in [0.1, 0.15) is 36.5 Å². The Morgan fingerprint density at radius 1 is 1.37 bits per heavy atom. The largest absolute Gasteiger partial charge is 0.494 e. The molecule has 0 aliphatic carbocycles. The Morgan fingerprint density at radius 3 is 2.74 bits per heavy atom. The van der Waals surface area contributed by atoms with E-state index >= 15 is 0 Å². The van der Waals surface area contributed by atoms with E-state index in [9.17, 15) is 9.59 Å². The summed E-state index contributed by atoms with van der Waals surface area (Å²) in [6, 6.07) is 2.97. The monoisotopic (exact) mass is 397 g/mol. The molecule has 3 N–H and O–H groups in total. The zero-order chi connectivity index (χ0) is 20.0. The van der Waals surface area contributed by atoms with Crippen molar-refractivity contribution in [3.8, 4) is 5.75 Å². The highest BCUT2D eigenvalue weighted by atomic mass is 35.5. The summed E-state index contributed by atoms with van der Waals surface area (Å²) in [5.41, 5.74) is 6.52. The molecule has 2 rings (SSSR count). The van der Waals surface area contributed by atoms with Gasteiger partial charge in [-0.15, -0.1) is 0 Å². The number of nitrogens with one attached hydrogen (secondary N) is 1. The maximum atomic E-state index is 12.8. The van der Waals surface area contributed by atoms with Crippen molar-refractivity contribution < 1.29 is 19.1 Å². The van der Waals surface area contributed by atoms with Gasteiger partial charge in [0.25, 0.3) is 5.91 Å². The van der Waals surface area contributed by atoms with Crippen molar-refractivity contribution in [1.82, 2.24) is 10.2 Å². The minimum absolute atomic E-state index is 0.128. The third kappa shape index (κ3) is 5.82. The second-order valence-corrected chi connectivity index (χ2v) is 7.26. The Kier molecular flexibility index (Phi) is 7.89. The highest BCUT2D eigenvalue weighted by Crippen LogP contribution is 2.30. The van der Waals surface area contributed by atoms with E-state index in [1.807, 2.05) is 0 Å². The fourth-order valence-corrected chi connectivity index (χ4v) is 3.62. The molecule has 1 heterocycles. The summed E-state index contributed by atoms with van der Waals surface area (Å²) >= 11 is 6.04. The molecule has 1 aliphatic rings. The van der Waals surface area contributed by atoms with Gasteiger partial charge in [0.15, 0.2) is 5.75 Å². The molecule has 8 heteroatoms. The quantitative estimate of drug-likeness (QED) is 0.652. The van der Waals surface area contributed by atoms with Gasteiger partial charge >= 0.3 is 0 Å². The Balaban J connectivity index is 2.01. The van der Waals surface area contributed by atoms with Gasteiger partial charge in [-0.05, 0) is 38.4 Å². The lowest BCUT2D eigenvalue weighted by Gasteiger charge is -2.38. The van der Waals surface area contributed by atoms with Crippen LogP contribution in [0.4, 0.5) is 5.69 Å². The molecule has 0 bridgehead atoms. The number of ether oxygens (including phenoxy) is 2. The third-order valence-electron chi connectivity index (χ3n) is 4.80. The van der Waals surface area contributed by atoms with Crippen LogP contribution in [0.2, 0.25) is 5.02 Å². The van der Waals surface area contributed by atoms with Crippen LogP contribution in [-0.2, 0) is 9.53 Å². The number of nitrogens with zero attached hydrogens (tertiary/aromatic N) is 1. The van der Waals surface area contributed by atoms with Gasteiger partial charge in [0.1, 0.15) is 5.78 Å². The van der Waals surface area contributed by atoms with E-state index in [-0.39, 0.29) is 23.8 Å². The number of nitrogen functional groups attached to an aromatic ring is 1. The van der Waals surface area contributed by atoms with Crippen molar-refractivity contribution in [2.45, 2.75) is 38.3 Å². The van der Waals surface area contributed by atoms with Crippen LogP contribution in [0, 0.1) is 0 Å². The highest BCUT2D eigenvalue weighted by Gasteiger charge is 2.31. The number of hydrogen-bond acceptors (Lipinski definition) is 6. The number of hydrogen-bond donors (Lipinski definition) is 2. The summed E-state index contributed by atoms with van der Waals surface area (Å²) in [5.74, 6) is 0.223. The number of ketones is 1. The van der Waals surface area contributed by atoms with Crippen LogP contribution >= 0.6 is 11.6 Å². The Bertz CT molecular complexity index is 683. The van der Waals surface area contributed by atoms with Crippen LogP contribution in [0.15, 0.2) is 12.1 Å². The molecule has 2 unspecified atom stereocenters. The summed E-state index contributed by atoms with van der Waals surface area (Å²) in [7, 11) is 3.11. The predicted molar refractivity (Wildman–Crippen MR) is 105 cm³/mol. The first kappa shape index (κ1) is 21.5. The zero-order valence-corrected chi connectivity index (χ0v) is 16.8. The number of amides is 1. The lowest BCUT2D eigenvalue weighted by Crippen LogP contribution is -2.54. The van der Waals surface area contributed by atoms with Gasteiger partial charge in [0.05, 0.1) is 30.5 Å². The minimum Gasteiger partial charge on any atom is -0.494 e. The number of piperidine rings is 1. The molecule has 1 aliphatic heterocycles. The molecule has 1 saturated heterocycles. The van der Waals surface area contributed by atoms with Crippen molar-refractivity contribution in [2.24, 2.45) is 0 Å². The van der Waals surface area contributed by atoms with Crippen molar-refractivity contribution in [2.75, 3.05) is 39.6 Å². The van der Waals surface area contributed by atoms with Crippen molar-refractivity contribution in [3.05, 3.63) is 22.7 Å². The maximum absolute atomic E-state index is 12.8. The highest BCUT2D eigenvalue weighted by molar-refractivity contribution is 6.31. The standard InChI is InChI=1S/C19H28ClN3O4/c1-12(24)5-4-7-23-8-6-16(17(11-23)26-2)22-19(25)14-9-13(20)10-15(21)18(14)27-3/h9-10,16-17H,4-8,11,21H2,1-3H3,(H,22,25). The second kappa shape index (κ2) is 9.92. The van der Waals surface area contributed by atoms with E-state index in [4.69, 9.17) is 26.8 Å². The van der Waals surface area contributed by atoms with Crippen LogP contribution in [-0.4, -0.2) is 62.6 Å². The van der Waals surface area contributed by atoms with Crippen LogP contribution in [0.25, 0.3) is 0 Å². The number of carbonyl (C=O) groups excluding carboxylic acids is 2. The van der Waals surface area contributed by atoms with Gasteiger partial charge in [-0.2, -0.15) is 0 Å². The lowest BCUT2D eigenvalue weighted by atomic mass is 10.00. The van der Waals surface area contributed by atoms with Gasteiger partial charge < -0.3 is 30.2 Å². The van der Waals surface area contributed by atoms with Crippen molar-refractivity contribution in [3.63, 3.8) is 0 Å². The Labute approximate surface area is 165 Å². The molecular formula is C19H28ClN3O4.